The highest BCUT2D eigenvalue weighted by atomic mass is 32.1. The number of rotatable bonds is 2. The molecule has 0 unspecified atom stereocenters. The Morgan fingerprint density at radius 2 is 2.29 bits per heavy atom. The summed E-state index contributed by atoms with van der Waals surface area (Å²) in [5, 5.41) is 3.63. The van der Waals surface area contributed by atoms with Gasteiger partial charge in [-0.1, -0.05) is 24.3 Å². The van der Waals surface area contributed by atoms with Crippen LogP contribution in [-0.4, -0.2) is 10.9 Å². The number of thiazole rings is 1. The van der Waals surface area contributed by atoms with E-state index in [2.05, 4.69) is 30.2 Å². The molecule has 2 aromatic rings. The van der Waals surface area contributed by atoms with Crippen LogP contribution in [0, 0.1) is 18.8 Å². The van der Waals surface area contributed by atoms with E-state index in [1.807, 2.05) is 12.1 Å². The van der Waals surface area contributed by atoms with Crippen molar-refractivity contribution in [2.45, 2.75) is 20.3 Å². The van der Waals surface area contributed by atoms with Crippen molar-refractivity contribution in [2.75, 3.05) is 5.32 Å². The summed E-state index contributed by atoms with van der Waals surface area (Å²) in [6.07, 6.45) is 1.01. The number of hydrogen-bond acceptors (Lipinski definition) is 3. The van der Waals surface area contributed by atoms with Gasteiger partial charge in [0.15, 0.2) is 5.13 Å². The molecule has 1 N–H and O–H groups in total. The molecule has 0 bridgehead atoms. The lowest BCUT2D eigenvalue weighted by molar-refractivity contribution is -0.117. The van der Waals surface area contributed by atoms with Crippen molar-refractivity contribution in [3.63, 3.8) is 0 Å². The van der Waals surface area contributed by atoms with E-state index >= 15 is 0 Å². The predicted molar refractivity (Wildman–Crippen MR) is 70.3 cm³/mol. The molecular formula is C13H14N2OS. The van der Waals surface area contributed by atoms with Crippen LogP contribution in [0.2, 0.25) is 0 Å². The van der Waals surface area contributed by atoms with E-state index < -0.39 is 0 Å². The number of aromatic nitrogens is 1. The van der Waals surface area contributed by atoms with Crippen LogP contribution in [0.1, 0.15) is 18.9 Å². The molecule has 0 radical (unpaired) electrons. The van der Waals surface area contributed by atoms with E-state index in [1.54, 1.807) is 11.3 Å². The molecule has 3 rings (SSSR count). The van der Waals surface area contributed by atoms with Crippen molar-refractivity contribution in [3.05, 3.63) is 23.8 Å². The Bertz CT molecular complexity index is 590. The van der Waals surface area contributed by atoms with Crippen LogP contribution in [-0.2, 0) is 4.79 Å². The minimum Gasteiger partial charge on any atom is -0.302 e. The van der Waals surface area contributed by atoms with Crippen LogP contribution < -0.4 is 5.32 Å². The Balaban J connectivity index is 1.83. The Kier molecular flexibility index (Phi) is 2.40. The van der Waals surface area contributed by atoms with Gasteiger partial charge in [-0.05, 0) is 37.0 Å². The summed E-state index contributed by atoms with van der Waals surface area (Å²) >= 11 is 1.54. The van der Waals surface area contributed by atoms with Gasteiger partial charge in [0.2, 0.25) is 5.91 Å². The van der Waals surface area contributed by atoms with E-state index in [9.17, 15) is 4.79 Å². The van der Waals surface area contributed by atoms with E-state index in [-0.39, 0.29) is 11.8 Å². The van der Waals surface area contributed by atoms with E-state index in [4.69, 9.17) is 0 Å². The molecule has 1 amide bonds. The van der Waals surface area contributed by atoms with Crippen molar-refractivity contribution >= 4 is 32.6 Å². The quantitative estimate of drug-likeness (QED) is 0.884. The molecule has 1 saturated carbocycles. The number of nitrogens with zero attached hydrogens (tertiary/aromatic N) is 1. The average Bonchev–Trinajstić information content (AvgIpc) is 2.87. The van der Waals surface area contributed by atoms with Gasteiger partial charge in [0.25, 0.3) is 0 Å². The average molecular weight is 246 g/mol. The highest BCUT2D eigenvalue weighted by Gasteiger charge is 2.39. The molecule has 1 aromatic heterocycles. The molecule has 1 heterocycles. The fraction of sp³-hybridized carbons (Fsp3) is 0.385. The lowest BCUT2D eigenvalue weighted by atomic mass is 10.2. The van der Waals surface area contributed by atoms with Gasteiger partial charge in [-0.25, -0.2) is 4.98 Å². The van der Waals surface area contributed by atoms with Gasteiger partial charge in [-0.2, -0.15) is 0 Å². The summed E-state index contributed by atoms with van der Waals surface area (Å²) in [5.74, 6) is 0.851. The largest absolute Gasteiger partial charge is 0.302 e. The standard InChI is InChI=1S/C13H14N2OS/c1-7-3-4-10-11(5-7)17-13(14-10)15-12(16)9-6-8(9)2/h3-5,8-9H,6H2,1-2H3,(H,14,15,16)/t8-,9+/m1/s1. The van der Waals surface area contributed by atoms with Crippen molar-refractivity contribution in [3.8, 4) is 0 Å². The third-order valence-corrected chi connectivity index (χ3v) is 4.15. The molecular weight excluding hydrogens is 232 g/mol. The smallest absolute Gasteiger partial charge is 0.229 e. The summed E-state index contributed by atoms with van der Waals surface area (Å²) in [5.41, 5.74) is 2.18. The third-order valence-electron chi connectivity index (χ3n) is 3.22. The molecule has 1 aliphatic carbocycles. The van der Waals surface area contributed by atoms with Crippen LogP contribution in [0.25, 0.3) is 10.2 Å². The van der Waals surface area contributed by atoms with Crippen molar-refractivity contribution < 1.29 is 4.79 Å². The zero-order valence-electron chi connectivity index (χ0n) is 9.86. The summed E-state index contributed by atoms with van der Waals surface area (Å²) in [6.45, 7) is 4.16. The van der Waals surface area contributed by atoms with Gasteiger partial charge in [0.05, 0.1) is 10.2 Å². The number of nitrogens with one attached hydrogen (secondary N) is 1. The van der Waals surface area contributed by atoms with Gasteiger partial charge >= 0.3 is 0 Å². The van der Waals surface area contributed by atoms with Crippen LogP contribution in [0.3, 0.4) is 0 Å². The maximum atomic E-state index is 11.8. The fourth-order valence-corrected chi connectivity index (χ4v) is 2.94. The Hall–Kier alpha value is -1.42. The first-order valence-electron chi connectivity index (χ1n) is 5.81. The topological polar surface area (TPSA) is 42.0 Å². The highest BCUT2D eigenvalue weighted by molar-refractivity contribution is 7.22. The molecule has 4 heteroatoms. The van der Waals surface area contributed by atoms with E-state index in [0.717, 1.165) is 21.8 Å². The second kappa shape index (κ2) is 3.81. The lowest BCUT2D eigenvalue weighted by Gasteiger charge is -1.97. The first kappa shape index (κ1) is 10.7. The first-order valence-corrected chi connectivity index (χ1v) is 6.63. The molecule has 17 heavy (non-hydrogen) atoms. The predicted octanol–water partition coefficient (Wildman–Crippen LogP) is 3.20. The molecule has 1 fully saturated rings. The fourth-order valence-electron chi connectivity index (χ4n) is 1.97. The van der Waals surface area contributed by atoms with Crippen molar-refractivity contribution in [1.29, 1.82) is 0 Å². The molecule has 0 saturated heterocycles. The third kappa shape index (κ3) is 2.05. The molecule has 1 aliphatic rings. The van der Waals surface area contributed by atoms with Gasteiger partial charge in [0.1, 0.15) is 0 Å². The Morgan fingerprint density at radius 1 is 1.53 bits per heavy atom. The number of fused-ring (bicyclic) bond motifs is 1. The maximum Gasteiger partial charge on any atom is 0.229 e. The maximum absolute atomic E-state index is 11.8. The number of anilines is 1. The molecule has 3 nitrogen and oxygen atoms in total. The van der Waals surface area contributed by atoms with Gasteiger partial charge in [-0.15, -0.1) is 0 Å². The number of carbonyl (C=O) groups excluding carboxylic acids is 1. The first-order chi connectivity index (χ1) is 8.13. The second-order valence-corrected chi connectivity index (χ2v) is 5.83. The van der Waals surface area contributed by atoms with Crippen LogP contribution in [0.5, 0.6) is 0 Å². The zero-order chi connectivity index (χ0) is 12.0. The van der Waals surface area contributed by atoms with Crippen LogP contribution >= 0.6 is 11.3 Å². The molecule has 88 valence electrons. The zero-order valence-corrected chi connectivity index (χ0v) is 10.7. The number of hydrogen-bond donors (Lipinski definition) is 1. The molecule has 0 spiro atoms. The van der Waals surface area contributed by atoms with Gasteiger partial charge in [-0.3, -0.25) is 4.79 Å². The molecule has 1 aromatic carbocycles. The monoisotopic (exact) mass is 246 g/mol. The van der Waals surface area contributed by atoms with Crippen LogP contribution in [0.15, 0.2) is 18.2 Å². The Labute approximate surface area is 104 Å². The van der Waals surface area contributed by atoms with Crippen LogP contribution in [0.4, 0.5) is 5.13 Å². The minimum absolute atomic E-state index is 0.119. The summed E-state index contributed by atoms with van der Waals surface area (Å²) in [6, 6.07) is 6.13. The van der Waals surface area contributed by atoms with Crippen molar-refractivity contribution in [2.24, 2.45) is 11.8 Å². The summed E-state index contributed by atoms with van der Waals surface area (Å²) in [7, 11) is 0. The number of carbonyl (C=O) groups is 1. The van der Waals surface area contributed by atoms with Gasteiger partial charge in [0, 0.05) is 5.92 Å². The Morgan fingerprint density at radius 3 is 3.00 bits per heavy atom. The molecule has 0 aliphatic heterocycles. The normalized spacial score (nSPS) is 22.7. The van der Waals surface area contributed by atoms with E-state index in [0.29, 0.717) is 5.92 Å². The summed E-state index contributed by atoms with van der Waals surface area (Å²) in [4.78, 5) is 16.2. The number of amides is 1. The minimum atomic E-state index is 0.119. The molecule has 2 atom stereocenters. The number of benzene rings is 1. The lowest BCUT2D eigenvalue weighted by Crippen LogP contribution is -2.14. The summed E-state index contributed by atoms with van der Waals surface area (Å²) < 4.78 is 1.13. The van der Waals surface area contributed by atoms with E-state index in [1.165, 1.54) is 5.56 Å². The highest BCUT2D eigenvalue weighted by Crippen LogP contribution is 2.39. The van der Waals surface area contributed by atoms with Gasteiger partial charge < -0.3 is 5.32 Å². The van der Waals surface area contributed by atoms with Crippen molar-refractivity contribution in [1.82, 2.24) is 4.98 Å². The second-order valence-electron chi connectivity index (χ2n) is 4.80. The SMILES string of the molecule is Cc1ccc2nc(NC(=O)[C@H]3C[C@H]3C)sc2c1. The number of aryl methyl sites for hydroxylation is 1.